The van der Waals surface area contributed by atoms with Crippen molar-refractivity contribution in [2.24, 2.45) is 0 Å². The molecule has 2 heterocycles. The van der Waals surface area contributed by atoms with Gasteiger partial charge in [-0.05, 0) is 12.2 Å². The number of methoxy groups -OCH3 is 1. The maximum atomic E-state index is 5.07. The first-order valence-corrected chi connectivity index (χ1v) is 6.86. The van der Waals surface area contributed by atoms with Crippen molar-refractivity contribution in [3.8, 4) is 0 Å². The minimum atomic E-state index is 0.434. The molecule has 1 aromatic rings. The summed E-state index contributed by atoms with van der Waals surface area (Å²) in [4.78, 5) is 8.76. The summed E-state index contributed by atoms with van der Waals surface area (Å²) < 4.78 is 5.07. The molecule has 1 aliphatic rings. The molecular weight excluding hydrogens is 236 g/mol. The molecule has 17 heavy (non-hydrogen) atoms. The Labute approximate surface area is 106 Å². The van der Waals surface area contributed by atoms with Crippen LogP contribution in [0.1, 0.15) is 12.2 Å². The lowest BCUT2D eigenvalue weighted by atomic mass is 10.2. The average molecular weight is 254 g/mol. The van der Waals surface area contributed by atoms with Gasteiger partial charge in [-0.3, -0.25) is 0 Å². The zero-order chi connectivity index (χ0) is 12.1. The van der Waals surface area contributed by atoms with Gasteiger partial charge >= 0.3 is 0 Å². The van der Waals surface area contributed by atoms with E-state index >= 15 is 0 Å². The molecule has 1 saturated heterocycles. The number of nitrogens with zero attached hydrogens (tertiary/aromatic N) is 2. The van der Waals surface area contributed by atoms with Gasteiger partial charge in [0.2, 0.25) is 0 Å². The number of nitrogens with one attached hydrogen (secondary N) is 2. The van der Waals surface area contributed by atoms with Crippen molar-refractivity contribution in [1.82, 2.24) is 9.97 Å². The van der Waals surface area contributed by atoms with Crippen molar-refractivity contribution in [3.05, 3.63) is 11.9 Å². The smallest absolute Gasteiger partial charge is 0.158 e. The van der Waals surface area contributed by atoms with E-state index in [-0.39, 0.29) is 0 Å². The third-order valence-electron chi connectivity index (χ3n) is 2.58. The van der Waals surface area contributed by atoms with Gasteiger partial charge in [0.15, 0.2) is 5.82 Å². The van der Waals surface area contributed by atoms with E-state index < -0.39 is 0 Å². The van der Waals surface area contributed by atoms with Gasteiger partial charge in [-0.15, -0.1) is 0 Å². The number of hydrogen-bond donors (Lipinski definition) is 2. The summed E-state index contributed by atoms with van der Waals surface area (Å²) >= 11 is 1.98. The second-order valence-corrected chi connectivity index (χ2v) is 5.09. The van der Waals surface area contributed by atoms with Gasteiger partial charge in [-0.25, -0.2) is 9.97 Å². The lowest BCUT2D eigenvalue weighted by Crippen LogP contribution is -2.19. The molecule has 0 aliphatic carbocycles. The minimum absolute atomic E-state index is 0.434. The molecule has 1 aromatic heterocycles. The molecule has 0 saturated carbocycles. The normalized spacial score (nSPS) is 19.3. The highest BCUT2D eigenvalue weighted by atomic mass is 32.2. The quantitative estimate of drug-likeness (QED) is 0.832. The van der Waals surface area contributed by atoms with Crippen molar-refractivity contribution < 1.29 is 4.74 Å². The Balaban J connectivity index is 2.10. The van der Waals surface area contributed by atoms with Crippen molar-refractivity contribution in [2.45, 2.75) is 19.1 Å². The molecule has 1 aliphatic heterocycles. The Morgan fingerprint density at radius 2 is 2.29 bits per heavy atom. The fraction of sp³-hybridized carbons (Fsp3) is 0.636. The van der Waals surface area contributed by atoms with Gasteiger partial charge < -0.3 is 15.4 Å². The Morgan fingerprint density at radius 1 is 1.47 bits per heavy atom. The highest BCUT2D eigenvalue weighted by Crippen LogP contribution is 2.21. The van der Waals surface area contributed by atoms with Gasteiger partial charge in [0.25, 0.3) is 0 Å². The number of ether oxygens (including phenoxy) is 1. The third kappa shape index (κ3) is 3.47. The second-order valence-electron chi connectivity index (χ2n) is 3.94. The summed E-state index contributed by atoms with van der Waals surface area (Å²) in [6, 6.07) is 2.46. The van der Waals surface area contributed by atoms with Gasteiger partial charge in [0.05, 0.1) is 0 Å². The van der Waals surface area contributed by atoms with Crippen LogP contribution in [0.4, 0.5) is 11.6 Å². The van der Waals surface area contributed by atoms with Gasteiger partial charge in [-0.1, -0.05) is 0 Å². The van der Waals surface area contributed by atoms with Crippen molar-refractivity contribution >= 4 is 23.4 Å². The van der Waals surface area contributed by atoms with Gasteiger partial charge in [0, 0.05) is 32.0 Å². The molecule has 1 unspecified atom stereocenters. The maximum absolute atomic E-state index is 5.07. The molecule has 0 aromatic carbocycles. The summed E-state index contributed by atoms with van der Waals surface area (Å²) in [5.74, 6) is 4.78. The van der Waals surface area contributed by atoms with Crippen LogP contribution < -0.4 is 10.6 Å². The van der Waals surface area contributed by atoms with Crippen LogP contribution in [0, 0.1) is 0 Å². The summed E-state index contributed by atoms with van der Waals surface area (Å²) in [6.45, 7) is 0.434. The topological polar surface area (TPSA) is 59.1 Å². The molecule has 5 nitrogen and oxygen atoms in total. The SMILES string of the molecule is CNc1cc(NC2CCSC2)nc(COC)n1. The molecule has 2 N–H and O–H groups in total. The van der Waals surface area contributed by atoms with Crippen molar-refractivity contribution in [3.63, 3.8) is 0 Å². The van der Waals surface area contributed by atoms with Crippen molar-refractivity contribution in [1.29, 1.82) is 0 Å². The second kappa shape index (κ2) is 6.07. The van der Waals surface area contributed by atoms with Crippen LogP contribution in [0.25, 0.3) is 0 Å². The highest BCUT2D eigenvalue weighted by Gasteiger charge is 2.16. The molecule has 2 rings (SSSR count). The Hall–Kier alpha value is -1.01. The number of hydrogen-bond acceptors (Lipinski definition) is 6. The van der Waals surface area contributed by atoms with Gasteiger partial charge in [0.1, 0.15) is 18.2 Å². The highest BCUT2D eigenvalue weighted by molar-refractivity contribution is 7.99. The maximum Gasteiger partial charge on any atom is 0.158 e. The Kier molecular flexibility index (Phi) is 4.44. The lowest BCUT2D eigenvalue weighted by molar-refractivity contribution is 0.178. The fourth-order valence-electron chi connectivity index (χ4n) is 1.75. The molecular formula is C11H18N4OS. The monoisotopic (exact) mass is 254 g/mol. The van der Waals surface area contributed by atoms with Crippen LogP contribution in [0.5, 0.6) is 0 Å². The average Bonchev–Trinajstić information content (AvgIpc) is 2.82. The number of thioether (sulfide) groups is 1. The largest absolute Gasteiger partial charge is 0.377 e. The lowest BCUT2D eigenvalue weighted by Gasteiger charge is -2.13. The van der Waals surface area contributed by atoms with E-state index in [1.807, 2.05) is 24.9 Å². The molecule has 6 heteroatoms. The molecule has 1 atom stereocenters. The van der Waals surface area contributed by atoms with E-state index in [1.54, 1.807) is 7.11 Å². The predicted molar refractivity (Wildman–Crippen MR) is 71.6 cm³/mol. The number of rotatable bonds is 5. The van der Waals surface area contributed by atoms with Crippen LogP contribution in [0.3, 0.4) is 0 Å². The third-order valence-corrected chi connectivity index (χ3v) is 3.75. The number of anilines is 2. The van der Waals surface area contributed by atoms with Crippen LogP contribution in [-0.2, 0) is 11.3 Å². The van der Waals surface area contributed by atoms with Crippen LogP contribution in [0.15, 0.2) is 6.07 Å². The van der Waals surface area contributed by atoms with Crippen molar-refractivity contribution in [2.75, 3.05) is 36.3 Å². The molecule has 94 valence electrons. The molecule has 0 bridgehead atoms. The summed E-state index contributed by atoms with van der Waals surface area (Å²) in [5.41, 5.74) is 0. The summed E-state index contributed by atoms with van der Waals surface area (Å²) in [7, 11) is 3.50. The molecule has 0 spiro atoms. The minimum Gasteiger partial charge on any atom is -0.377 e. The molecule has 1 fully saturated rings. The van der Waals surface area contributed by atoms with Gasteiger partial charge in [-0.2, -0.15) is 11.8 Å². The molecule has 0 radical (unpaired) electrons. The summed E-state index contributed by atoms with van der Waals surface area (Å²) in [5, 5.41) is 6.49. The first-order chi connectivity index (χ1) is 8.31. The zero-order valence-corrected chi connectivity index (χ0v) is 11.0. The predicted octanol–water partition coefficient (Wildman–Crippen LogP) is 1.58. The Bertz CT molecular complexity index is 368. The first kappa shape index (κ1) is 12.4. The van der Waals surface area contributed by atoms with E-state index in [1.165, 1.54) is 12.2 Å². The van der Waals surface area contributed by atoms with Crippen LogP contribution >= 0.6 is 11.8 Å². The zero-order valence-electron chi connectivity index (χ0n) is 10.2. The van der Waals surface area contributed by atoms with Crippen LogP contribution in [0.2, 0.25) is 0 Å². The van der Waals surface area contributed by atoms with E-state index in [4.69, 9.17) is 4.74 Å². The number of aromatic nitrogens is 2. The van der Waals surface area contributed by atoms with E-state index in [0.29, 0.717) is 18.5 Å². The van der Waals surface area contributed by atoms with E-state index in [2.05, 4.69) is 20.6 Å². The molecule has 0 amide bonds. The van der Waals surface area contributed by atoms with E-state index in [0.717, 1.165) is 17.4 Å². The fourth-order valence-corrected chi connectivity index (χ4v) is 2.90. The summed E-state index contributed by atoms with van der Waals surface area (Å²) in [6.07, 6.45) is 1.20. The van der Waals surface area contributed by atoms with Crippen LogP contribution in [-0.4, -0.2) is 41.7 Å². The standard InChI is InChI=1S/C11H18N4OS/c1-12-9-5-10(13-8-3-4-17-7-8)15-11(14-9)6-16-2/h5,8H,3-4,6-7H2,1-2H3,(H2,12,13,14,15). The Morgan fingerprint density at radius 3 is 2.94 bits per heavy atom. The first-order valence-electron chi connectivity index (χ1n) is 5.70. The van der Waals surface area contributed by atoms with E-state index in [9.17, 15) is 0 Å².